The quantitative estimate of drug-likeness (QED) is 0.640. The summed E-state index contributed by atoms with van der Waals surface area (Å²) in [6.07, 6.45) is 10.8. The zero-order valence-electron chi connectivity index (χ0n) is 13.4. The highest BCUT2D eigenvalue weighted by Crippen LogP contribution is 2.57. The lowest BCUT2D eigenvalue weighted by atomic mass is 9.70. The minimum Gasteiger partial charge on any atom is -0.362 e. The molecule has 0 aromatic heterocycles. The first-order valence-electron chi connectivity index (χ1n) is 8.79. The number of fused-ring (bicyclic) bond motifs is 4. The average molecular weight is 289 g/mol. The van der Waals surface area contributed by atoms with E-state index in [9.17, 15) is 0 Å². The van der Waals surface area contributed by atoms with Crippen LogP contribution in [-0.2, 0) is 9.47 Å². The molecule has 1 saturated carbocycles. The molecule has 4 fully saturated rings. The molecular weight excluding hydrogens is 262 g/mol. The topological polar surface area (TPSA) is 21.7 Å². The van der Waals surface area contributed by atoms with Crippen LogP contribution < -0.4 is 0 Å². The number of ether oxygens (including phenoxy) is 2. The monoisotopic (exact) mass is 289 g/mol. The van der Waals surface area contributed by atoms with Crippen molar-refractivity contribution >= 4 is 0 Å². The lowest BCUT2D eigenvalue weighted by molar-refractivity contribution is -0.229. The largest absolute Gasteiger partial charge is 0.362 e. The van der Waals surface area contributed by atoms with Gasteiger partial charge in [-0.15, -0.1) is 0 Å². The standard InChI is InChI=1S/C18H27NO2/c1-11-4-5-13-15(8-11)20-16-14-9-12-6-7-18(14,21-12)10-19(16)17(13,2)3/h6-7,11-16H,4-5,8-10H2,1-3H3/t11-,12-,13-,14+,15-,16+,18-/m1/s1. The molecular formula is C18H27NO2. The van der Waals surface area contributed by atoms with Gasteiger partial charge in [-0.3, -0.25) is 4.90 Å². The van der Waals surface area contributed by atoms with E-state index in [0.29, 0.717) is 24.0 Å². The molecule has 0 unspecified atom stereocenters. The SMILES string of the molecule is C[C@@H]1CC[C@@H]2[C@@H](C1)O[C@H]1[C@@H]3C[C@H]4C=C[C@]3(CN1C2(C)C)O4. The van der Waals surface area contributed by atoms with E-state index in [2.05, 4.69) is 37.8 Å². The van der Waals surface area contributed by atoms with E-state index in [0.717, 1.165) is 18.9 Å². The van der Waals surface area contributed by atoms with Gasteiger partial charge in [0.25, 0.3) is 0 Å². The molecule has 3 saturated heterocycles. The van der Waals surface area contributed by atoms with Gasteiger partial charge in [-0.1, -0.05) is 25.5 Å². The second-order valence-corrected chi connectivity index (χ2v) is 8.68. The fraction of sp³-hybridized carbons (Fsp3) is 0.889. The van der Waals surface area contributed by atoms with Gasteiger partial charge in [-0.05, 0) is 39.0 Å². The van der Waals surface area contributed by atoms with Crippen molar-refractivity contribution in [2.75, 3.05) is 6.54 Å². The summed E-state index contributed by atoms with van der Waals surface area (Å²) >= 11 is 0. The van der Waals surface area contributed by atoms with Gasteiger partial charge in [0.2, 0.25) is 0 Å². The molecule has 1 spiro atoms. The van der Waals surface area contributed by atoms with E-state index in [-0.39, 0.29) is 17.4 Å². The van der Waals surface area contributed by atoms with E-state index in [1.807, 2.05) is 0 Å². The van der Waals surface area contributed by atoms with Gasteiger partial charge in [0.15, 0.2) is 0 Å². The Morgan fingerprint density at radius 1 is 1.14 bits per heavy atom. The Hall–Kier alpha value is -0.380. The van der Waals surface area contributed by atoms with E-state index in [4.69, 9.17) is 9.47 Å². The second-order valence-electron chi connectivity index (χ2n) is 8.68. The molecule has 0 aromatic rings. The predicted octanol–water partition coefficient (Wildman–Crippen LogP) is 2.96. The Morgan fingerprint density at radius 3 is 2.81 bits per heavy atom. The van der Waals surface area contributed by atoms with Gasteiger partial charge in [0.1, 0.15) is 11.8 Å². The Morgan fingerprint density at radius 2 is 2.00 bits per heavy atom. The first kappa shape index (κ1) is 13.1. The van der Waals surface area contributed by atoms with Gasteiger partial charge >= 0.3 is 0 Å². The molecule has 0 N–H and O–H groups in total. The molecule has 21 heavy (non-hydrogen) atoms. The van der Waals surface area contributed by atoms with Crippen LogP contribution in [0.25, 0.3) is 0 Å². The summed E-state index contributed by atoms with van der Waals surface area (Å²) in [4.78, 5) is 2.64. The van der Waals surface area contributed by atoms with Crippen molar-refractivity contribution < 1.29 is 9.47 Å². The van der Waals surface area contributed by atoms with Crippen LogP contribution in [-0.4, -0.2) is 41.0 Å². The van der Waals surface area contributed by atoms with Gasteiger partial charge in [-0.2, -0.15) is 0 Å². The predicted molar refractivity (Wildman–Crippen MR) is 80.8 cm³/mol. The minimum atomic E-state index is -0.0360. The summed E-state index contributed by atoms with van der Waals surface area (Å²) in [5.41, 5.74) is 0.202. The highest BCUT2D eigenvalue weighted by atomic mass is 16.5. The van der Waals surface area contributed by atoms with Crippen LogP contribution in [0.1, 0.15) is 46.5 Å². The maximum atomic E-state index is 6.69. The van der Waals surface area contributed by atoms with Crippen LogP contribution >= 0.6 is 0 Å². The summed E-state index contributed by atoms with van der Waals surface area (Å²) in [6.45, 7) is 8.31. The number of hydrogen-bond donors (Lipinski definition) is 0. The highest BCUT2D eigenvalue weighted by molar-refractivity contribution is 5.27. The molecule has 5 aliphatic rings. The van der Waals surface area contributed by atoms with Crippen molar-refractivity contribution in [2.24, 2.45) is 17.8 Å². The van der Waals surface area contributed by atoms with E-state index in [1.165, 1.54) is 19.3 Å². The van der Waals surface area contributed by atoms with Crippen molar-refractivity contribution in [2.45, 2.75) is 76.0 Å². The Labute approximate surface area is 127 Å². The highest BCUT2D eigenvalue weighted by Gasteiger charge is 2.66. The van der Waals surface area contributed by atoms with E-state index in [1.54, 1.807) is 0 Å². The van der Waals surface area contributed by atoms with Crippen LogP contribution in [0.4, 0.5) is 0 Å². The van der Waals surface area contributed by atoms with Crippen molar-refractivity contribution in [3.05, 3.63) is 12.2 Å². The molecule has 0 radical (unpaired) electrons. The number of hydrogen-bond acceptors (Lipinski definition) is 3. The smallest absolute Gasteiger partial charge is 0.117 e. The molecule has 4 aliphatic heterocycles. The third-order valence-electron chi connectivity index (χ3n) is 7.16. The van der Waals surface area contributed by atoms with Crippen LogP contribution in [0.2, 0.25) is 0 Å². The molecule has 5 rings (SSSR count). The lowest BCUT2D eigenvalue weighted by Crippen LogP contribution is -2.63. The zero-order chi connectivity index (χ0) is 14.4. The van der Waals surface area contributed by atoms with Crippen molar-refractivity contribution in [1.29, 1.82) is 0 Å². The van der Waals surface area contributed by atoms with Crippen molar-refractivity contribution in [3.8, 4) is 0 Å². The van der Waals surface area contributed by atoms with Gasteiger partial charge in [0.05, 0.1) is 12.2 Å². The normalized spacial score (nSPS) is 57.1. The van der Waals surface area contributed by atoms with Crippen LogP contribution in [0.3, 0.4) is 0 Å². The molecule has 3 heteroatoms. The van der Waals surface area contributed by atoms with Crippen molar-refractivity contribution in [1.82, 2.24) is 4.90 Å². The first-order chi connectivity index (χ1) is 9.99. The Balaban J connectivity index is 1.51. The molecule has 1 aliphatic carbocycles. The molecule has 4 heterocycles. The number of rotatable bonds is 0. The summed E-state index contributed by atoms with van der Waals surface area (Å²) in [5.74, 6) is 2.05. The van der Waals surface area contributed by atoms with Gasteiger partial charge in [-0.25, -0.2) is 0 Å². The van der Waals surface area contributed by atoms with Crippen LogP contribution in [0, 0.1) is 17.8 Å². The van der Waals surface area contributed by atoms with Crippen molar-refractivity contribution in [3.63, 3.8) is 0 Å². The minimum absolute atomic E-state index is 0.0360. The number of nitrogens with zero attached hydrogens (tertiary/aromatic N) is 1. The fourth-order valence-corrected chi connectivity index (χ4v) is 5.94. The Bertz CT molecular complexity index is 501. The summed E-state index contributed by atoms with van der Waals surface area (Å²) in [7, 11) is 0. The molecule has 0 amide bonds. The molecule has 2 bridgehead atoms. The zero-order valence-corrected chi connectivity index (χ0v) is 13.4. The molecule has 3 nitrogen and oxygen atoms in total. The van der Waals surface area contributed by atoms with Crippen LogP contribution in [0.15, 0.2) is 12.2 Å². The maximum Gasteiger partial charge on any atom is 0.117 e. The first-order valence-corrected chi connectivity index (χ1v) is 8.79. The fourth-order valence-electron chi connectivity index (χ4n) is 5.94. The van der Waals surface area contributed by atoms with Crippen LogP contribution in [0.5, 0.6) is 0 Å². The molecule has 116 valence electrons. The summed E-state index contributed by atoms with van der Waals surface area (Å²) < 4.78 is 13.0. The van der Waals surface area contributed by atoms with E-state index >= 15 is 0 Å². The van der Waals surface area contributed by atoms with E-state index < -0.39 is 0 Å². The summed E-state index contributed by atoms with van der Waals surface area (Å²) in [6, 6.07) is 0. The summed E-state index contributed by atoms with van der Waals surface area (Å²) in [5, 5.41) is 0. The third kappa shape index (κ3) is 1.55. The molecule has 0 aromatic carbocycles. The van der Waals surface area contributed by atoms with Gasteiger partial charge in [0, 0.05) is 23.9 Å². The maximum absolute atomic E-state index is 6.69. The Kier molecular flexibility index (Phi) is 2.45. The average Bonchev–Trinajstić information content (AvgIpc) is 3.07. The van der Waals surface area contributed by atoms with Gasteiger partial charge < -0.3 is 9.47 Å². The lowest BCUT2D eigenvalue weighted by Gasteiger charge is -2.56. The second kappa shape index (κ2) is 3.93. The molecule has 7 atom stereocenters. The third-order valence-corrected chi connectivity index (χ3v) is 7.16.